The van der Waals surface area contributed by atoms with Crippen molar-refractivity contribution >= 4 is 17.6 Å². The van der Waals surface area contributed by atoms with Gasteiger partial charge in [-0.3, -0.25) is 0 Å². The topological polar surface area (TPSA) is 66.3 Å². The predicted octanol–water partition coefficient (Wildman–Crippen LogP) is 2.87. The Hall–Kier alpha value is -2.43. The molecule has 0 unspecified atom stereocenters. The lowest BCUT2D eigenvalue weighted by Crippen LogP contribution is -2.16. The average molecular weight is 271 g/mol. The van der Waals surface area contributed by atoms with Gasteiger partial charge in [0.1, 0.15) is 0 Å². The summed E-state index contributed by atoms with van der Waals surface area (Å²) in [5, 5.41) is 8.99. The molecule has 0 atom stereocenters. The molecule has 1 heterocycles. The summed E-state index contributed by atoms with van der Waals surface area (Å²) in [4.78, 5) is 21.2. The normalized spacial score (nSPS) is 10.4. The molecule has 1 aromatic heterocycles. The number of aromatic nitrogens is 2. The standard InChI is InChI=1S/C15H17N3O2/c1-9-5-6-13(10(2)7-9)18(4)15-16-8-12(14(19)20)11(3)17-15/h5-8H,1-4H3,(H,19,20). The van der Waals surface area contributed by atoms with Crippen LogP contribution in [0.25, 0.3) is 0 Å². The van der Waals surface area contributed by atoms with Crippen molar-refractivity contribution in [2.24, 2.45) is 0 Å². The SMILES string of the molecule is Cc1ccc(N(C)c2ncc(C(=O)O)c(C)n2)c(C)c1. The molecule has 0 saturated heterocycles. The van der Waals surface area contributed by atoms with Crippen LogP contribution >= 0.6 is 0 Å². The summed E-state index contributed by atoms with van der Waals surface area (Å²) in [6.45, 7) is 5.74. The first-order valence-electron chi connectivity index (χ1n) is 6.28. The Kier molecular flexibility index (Phi) is 3.70. The molecular formula is C15H17N3O2. The Morgan fingerprint density at radius 1 is 1.25 bits per heavy atom. The third kappa shape index (κ3) is 2.61. The fourth-order valence-electron chi connectivity index (χ4n) is 2.12. The largest absolute Gasteiger partial charge is 0.478 e. The van der Waals surface area contributed by atoms with Gasteiger partial charge in [0.25, 0.3) is 0 Å². The highest BCUT2D eigenvalue weighted by Crippen LogP contribution is 2.25. The van der Waals surface area contributed by atoms with Crippen molar-refractivity contribution in [3.8, 4) is 0 Å². The van der Waals surface area contributed by atoms with Crippen molar-refractivity contribution in [3.63, 3.8) is 0 Å². The Morgan fingerprint density at radius 3 is 2.50 bits per heavy atom. The lowest BCUT2D eigenvalue weighted by atomic mass is 10.1. The van der Waals surface area contributed by atoms with Gasteiger partial charge >= 0.3 is 5.97 Å². The predicted molar refractivity (Wildman–Crippen MR) is 77.7 cm³/mol. The molecule has 0 aliphatic carbocycles. The molecular weight excluding hydrogens is 254 g/mol. The molecule has 0 amide bonds. The minimum Gasteiger partial charge on any atom is -0.478 e. The summed E-state index contributed by atoms with van der Waals surface area (Å²) in [5.41, 5.74) is 3.90. The van der Waals surface area contributed by atoms with Crippen LogP contribution in [0.2, 0.25) is 0 Å². The fourth-order valence-corrected chi connectivity index (χ4v) is 2.12. The van der Waals surface area contributed by atoms with Gasteiger partial charge in [-0.1, -0.05) is 17.7 Å². The zero-order valence-electron chi connectivity index (χ0n) is 12.0. The maximum Gasteiger partial charge on any atom is 0.339 e. The first-order valence-corrected chi connectivity index (χ1v) is 6.28. The second-order valence-corrected chi connectivity index (χ2v) is 4.82. The number of hydrogen-bond donors (Lipinski definition) is 1. The highest BCUT2D eigenvalue weighted by molar-refractivity contribution is 5.88. The van der Waals surface area contributed by atoms with Crippen molar-refractivity contribution < 1.29 is 9.90 Å². The van der Waals surface area contributed by atoms with Crippen LogP contribution in [0.3, 0.4) is 0 Å². The number of benzene rings is 1. The Labute approximate surface area is 117 Å². The molecule has 0 aliphatic rings. The van der Waals surface area contributed by atoms with Gasteiger partial charge in [-0.25, -0.2) is 14.8 Å². The van der Waals surface area contributed by atoms with E-state index in [1.807, 2.05) is 37.9 Å². The first kappa shape index (κ1) is 14.0. The summed E-state index contributed by atoms with van der Waals surface area (Å²) in [6, 6.07) is 6.12. The van der Waals surface area contributed by atoms with Crippen LogP contribution in [0.5, 0.6) is 0 Å². The number of aromatic carboxylic acids is 1. The van der Waals surface area contributed by atoms with Crippen molar-refractivity contribution in [2.75, 3.05) is 11.9 Å². The van der Waals surface area contributed by atoms with E-state index in [0.717, 1.165) is 11.3 Å². The molecule has 20 heavy (non-hydrogen) atoms. The summed E-state index contributed by atoms with van der Waals surface area (Å²) in [5.74, 6) is -0.525. The van der Waals surface area contributed by atoms with Crippen LogP contribution < -0.4 is 4.90 Å². The monoisotopic (exact) mass is 271 g/mol. The van der Waals surface area contributed by atoms with Gasteiger partial charge in [-0.15, -0.1) is 0 Å². The average Bonchev–Trinajstić information content (AvgIpc) is 2.37. The van der Waals surface area contributed by atoms with E-state index in [-0.39, 0.29) is 5.56 Å². The highest BCUT2D eigenvalue weighted by atomic mass is 16.4. The van der Waals surface area contributed by atoms with E-state index in [2.05, 4.69) is 16.0 Å². The zero-order valence-corrected chi connectivity index (χ0v) is 12.0. The quantitative estimate of drug-likeness (QED) is 0.929. The molecule has 104 valence electrons. The molecule has 0 fully saturated rings. The van der Waals surface area contributed by atoms with Gasteiger partial charge < -0.3 is 10.0 Å². The highest BCUT2D eigenvalue weighted by Gasteiger charge is 2.14. The van der Waals surface area contributed by atoms with Gasteiger partial charge in [-0.2, -0.15) is 0 Å². The molecule has 2 rings (SSSR count). The molecule has 5 nitrogen and oxygen atoms in total. The van der Waals surface area contributed by atoms with Gasteiger partial charge in [0.2, 0.25) is 5.95 Å². The van der Waals surface area contributed by atoms with Crippen LogP contribution in [-0.4, -0.2) is 28.1 Å². The van der Waals surface area contributed by atoms with E-state index in [4.69, 9.17) is 5.11 Å². The van der Waals surface area contributed by atoms with Crippen LogP contribution in [0.1, 0.15) is 27.2 Å². The molecule has 2 aromatic rings. The molecule has 1 aromatic carbocycles. The van der Waals surface area contributed by atoms with Crippen LogP contribution in [0, 0.1) is 20.8 Å². The van der Waals surface area contributed by atoms with Gasteiger partial charge in [0, 0.05) is 18.9 Å². The number of rotatable bonds is 3. The second-order valence-electron chi connectivity index (χ2n) is 4.82. The zero-order chi connectivity index (χ0) is 14.9. The van der Waals surface area contributed by atoms with Gasteiger partial charge in [0.05, 0.1) is 11.3 Å². The number of anilines is 2. The Balaban J connectivity index is 2.40. The minimum atomic E-state index is -1.01. The molecule has 0 aliphatic heterocycles. The lowest BCUT2D eigenvalue weighted by molar-refractivity contribution is 0.0695. The molecule has 0 radical (unpaired) electrons. The van der Waals surface area contributed by atoms with Crippen molar-refractivity contribution in [2.45, 2.75) is 20.8 Å². The van der Waals surface area contributed by atoms with E-state index < -0.39 is 5.97 Å². The molecule has 0 saturated carbocycles. The maximum atomic E-state index is 11.0. The third-order valence-corrected chi connectivity index (χ3v) is 3.21. The first-order chi connectivity index (χ1) is 9.40. The van der Waals surface area contributed by atoms with E-state index in [0.29, 0.717) is 11.6 Å². The number of nitrogens with zero attached hydrogens (tertiary/aromatic N) is 3. The van der Waals surface area contributed by atoms with Crippen molar-refractivity contribution in [1.82, 2.24) is 9.97 Å². The number of aryl methyl sites for hydroxylation is 3. The van der Waals surface area contributed by atoms with E-state index in [9.17, 15) is 4.79 Å². The van der Waals surface area contributed by atoms with Crippen LogP contribution in [0.4, 0.5) is 11.6 Å². The number of carboxylic acid groups (broad SMARTS) is 1. The summed E-state index contributed by atoms with van der Waals surface area (Å²) in [6.07, 6.45) is 1.35. The minimum absolute atomic E-state index is 0.128. The van der Waals surface area contributed by atoms with Crippen molar-refractivity contribution in [3.05, 3.63) is 46.8 Å². The maximum absolute atomic E-state index is 11.0. The van der Waals surface area contributed by atoms with Crippen LogP contribution in [0.15, 0.2) is 24.4 Å². The Bertz CT molecular complexity index is 668. The number of carbonyl (C=O) groups is 1. The van der Waals surface area contributed by atoms with Gasteiger partial charge in [0.15, 0.2) is 0 Å². The van der Waals surface area contributed by atoms with Crippen LogP contribution in [-0.2, 0) is 0 Å². The molecule has 1 N–H and O–H groups in total. The molecule has 0 spiro atoms. The smallest absolute Gasteiger partial charge is 0.339 e. The summed E-state index contributed by atoms with van der Waals surface area (Å²) < 4.78 is 0. The van der Waals surface area contributed by atoms with Gasteiger partial charge in [-0.05, 0) is 32.4 Å². The second kappa shape index (κ2) is 5.28. The number of hydrogen-bond acceptors (Lipinski definition) is 4. The summed E-state index contributed by atoms with van der Waals surface area (Å²) >= 11 is 0. The molecule has 5 heteroatoms. The lowest BCUT2D eigenvalue weighted by Gasteiger charge is -2.20. The fraction of sp³-hybridized carbons (Fsp3) is 0.267. The molecule has 0 bridgehead atoms. The van der Waals surface area contributed by atoms with Crippen molar-refractivity contribution in [1.29, 1.82) is 0 Å². The third-order valence-electron chi connectivity index (χ3n) is 3.21. The van der Waals surface area contributed by atoms with E-state index in [1.54, 1.807) is 6.92 Å². The number of carboxylic acids is 1. The Morgan fingerprint density at radius 2 is 1.95 bits per heavy atom. The van der Waals surface area contributed by atoms with E-state index >= 15 is 0 Å². The van der Waals surface area contributed by atoms with E-state index in [1.165, 1.54) is 11.8 Å². The summed E-state index contributed by atoms with van der Waals surface area (Å²) in [7, 11) is 1.87.